The van der Waals surface area contributed by atoms with Crippen LogP contribution in [0.3, 0.4) is 0 Å². The molecule has 2 aromatic rings. The monoisotopic (exact) mass is 355 g/mol. The fourth-order valence-electron chi connectivity index (χ4n) is 3.35. The van der Waals surface area contributed by atoms with Crippen LogP contribution in [-0.4, -0.2) is 22.2 Å². The van der Waals surface area contributed by atoms with E-state index in [1.165, 1.54) is 11.1 Å². The molecule has 2 unspecified atom stereocenters. The Morgan fingerprint density at radius 2 is 1.81 bits per heavy atom. The maximum absolute atomic E-state index is 12.5. The topological polar surface area (TPSA) is 40.5 Å². The van der Waals surface area contributed by atoms with Gasteiger partial charge in [-0.3, -0.25) is 4.79 Å². The lowest BCUT2D eigenvalue weighted by Gasteiger charge is -2.20. The summed E-state index contributed by atoms with van der Waals surface area (Å²) in [6.45, 7) is 10.4. The van der Waals surface area contributed by atoms with Gasteiger partial charge < -0.3 is 14.0 Å². The fourth-order valence-corrected chi connectivity index (χ4v) is 3.35. The first-order valence-corrected chi connectivity index (χ1v) is 9.20. The molecule has 3 rings (SSSR count). The zero-order valence-corrected chi connectivity index (χ0v) is 16.4. The first-order valence-electron chi connectivity index (χ1n) is 9.20. The molecule has 0 bridgehead atoms. The summed E-state index contributed by atoms with van der Waals surface area (Å²) in [5, 5.41) is 0. The van der Waals surface area contributed by atoms with Crippen LogP contribution in [0.2, 0.25) is 0 Å². The molecule has 4 heteroatoms. The highest BCUT2D eigenvalue weighted by Gasteiger charge is 2.65. The van der Waals surface area contributed by atoms with Crippen LogP contribution in [0.1, 0.15) is 45.7 Å². The van der Waals surface area contributed by atoms with Crippen LogP contribution >= 0.6 is 0 Å². The summed E-state index contributed by atoms with van der Waals surface area (Å²) >= 11 is 0. The molecule has 0 spiro atoms. The minimum Gasteiger partial charge on any atom is -0.444 e. The predicted octanol–water partition coefficient (Wildman–Crippen LogP) is 4.42. The van der Waals surface area contributed by atoms with E-state index in [1.54, 1.807) is 0 Å². The van der Waals surface area contributed by atoms with Gasteiger partial charge >= 0.3 is 5.97 Å². The van der Waals surface area contributed by atoms with Crippen molar-refractivity contribution >= 4 is 5.97 Å². The molecule has 1 fully saturated rings. The highest BCUT2D eigenvalue weighted by atomic mass is 16.6. The Hall–Kier alpha value is -2.07. The molecule has 1 aliphatic rings. The Balaban J connectivity index is 1.52. The van der Waals surface area contributed by atoms with E-state index in [-0.39, 0.29) is 35.7 Å². The van der Waals surface area contributed by atoms with Crippen LogP contribution < -0.4 is 0 Å². The third kappa shape index (κ3) is 4.36. The van der Waals surface area contributed by atoms with E-state index in [0.717, 1.165) is 6.42 Å². The number of nitrogens with zero attached hydrogens (tertiary/aromatic N) is 1. The van der Waals surface area contributed by atoms with E-state index in [4.69, 9.17) is 9.47 Å². The van der Waals surface area contributed by atoms with Crippen LogP contribution in [-0.2, 0) is 27.4 Å². The SMILES string of the molecule is CC(C)(C)OC1C(C(=O)OCn2ccc(Cc3ccccc3)c2)C1(C)C. The molecular formula is C22H29NO3. The Labute approximate surface area is 156 Å². The standard InChI is InChI=1S/C22H29NO3/c1-21(2,3)26-19-18(22(19,4)5)20(24)25-15-23-12-11-17(14-23)13-16-9-7-6-8-10-16/h6-12,14,18-19H,13,15H2,1-5H3. The molecule has 1 saturated carbocycles. The van der Waals surface area contributed by atoms with Crippen molar-refractivity contribution in [1.82, 2.24) is 4.57 Å². The van der Waals surface area contributed by atoms with Gasteiger partial charge in [0, 0.05) is 17.8 Å². The summed E-state index contributed by atoms with van der Waals surface area (Å²) in [7, 11) is 0. The molecule has 140 valence electrons. The van der Waals surface area contributed by atoms with Crippen molar-refractivity contribution in [2.75, 3.05) is 0 Å². The number of ether oxygens (including phenoxy) is 2. The average Bonchev–Trinajstić information content (AvgIpc) is 2.90. The molecule has 0 N–H and O–H groups in total. The molecule has 1 aromatic heterocycles. The van der Waals surface area contributed by atoms with E-state index in [1.807, 2.05) is 55.9 Å². The Bertz CT molecular complexity index is 755. The van der Waals surface area contributed by atoms with Crippen LogP contribution in [0, 0.1) is 11.3 Å². The van der Waals surface area contributed by atoms with Crippen molar-refractivity contribution in [3.63, 3.8) is 0 Å². The number of benzene rings is 1. The summed E-state index contributed by atoms with van der Waals surface area (Å²) in [6, 6.07) is 12.4. The zero-order valence-electron chi connectivity index (χ0n) is 16.4. The van der Waals surface area contributed by atoms with Gasteiger partial charge in [-0.1, -0.05) is 44.2 Å². The number of carbonyl (C=O) groups excluding carboxylic acids is 1. The van der Waals surface area contributed by atoms with E-state index < -0.39 is 0 Å². The van der Waals surface area contributed by atoms with Gasteiger partial charge in [-0.2, -0.15) is 0 Å². The van der Waals surface area contributed by atoms with E-state index in [2.05, 4.69) is 32.0 Å². The second kappa shape index (κ2) is 6.92. The molecule has 1 aliphatic carbocycles. The van der Waals surface area contributed by atoms with Gasteiger partial charge in [0.05, 0.1) is 17.6 Å². The van der Waals surface area contributed by atoms with E-state index >= 15 is 0 Å². The summed E-state index contributed by atoms with van der Waals surface area (Å²) in [5.74, 6) is -0.372. The number of hydrogen-bond acceptors (Lipinski definition) is 3. The zero-order chi connectivity index (χ0) is 18.9. The lowest BCUT2D eigenvalue weighted by Crippen LogP contribution is -2.23. The Morgan fingerprint density at radius 1 is 1.12 bits per heavy atom. The molecule has 1 heterocycles. The molecule has 0 radical (unpaired) electrons. The van der Waals surface area contributed by atoms with Gasteiger partial charge in [0.15, 0.2) is 6.73 Å². The van der Waals surface area contributed by atoms with Gasteiger partial charge in [0.1, 0.15) is 0 Å². The molecule has 2 atom stereocenters. The largest absolute Gasteiger partial charge is 0.444 e. The number of hydrogen-bond donors (Lipinski definition) is 0. The first-order chi connectivity index (χ1) is 12.2. The predicted molar refractivity (Wildman–Crippen MR) is 102 cm³/mol. The van der Waals surface area contributed by atoms with Gasteiger partial charge in [-0.25, -0.2) is 0 Å². The highest BCUT2D eigenvalue weighted by Crippen LogP contribution is 2.55. The maximum atomic E-state index is 12.5. The maximum Gasteiger partial charge on any atom is 0.313 e. The highest BCUT2D eigenvalue weighted by molar-refractivity contribution is 5.78. The molecule has 1 aromatic carbocycles. The third-order valence-electron chi connectivity index (χ3n) is 4.88. The Morgan fingerprint density at radius 3 is 2.46 bits per heavy atom. The van der Waals surface area contributed by atoms with Crippen molar-refractivity contribution in [1.29, 1.82) is 0 Å². The summed E-state index contributed by atoms with van der Waals surface area (Å²) in [5.41, 5.74) is 2.04. The fraction of sp³-hybridized carbons (Fsp3) is 0.500. The Kier molecular flexibility index (Phi) is 4.98. The van der Waals surface area contributed by atoms with Crippen LogP contribution in [0.4, 0.5) is 0 Å². The van der Waals surface area contributed by atoms with Gasteiger partial charge in [-0.05, 0) is 44.4 Å². The average molecular weight is 355 g/mol. The van der Waals surface area contributed by atoms with E-state index in [9.17, 15) is 4.79 Å². The summed E-state index contributed by atoms with van der Waals surface area (Å²) in [4.78, 5) is 12.5. The normalized spacial score (nSPS) is 21.4. The van der Waals surface area contributed by atoms with Gasteiger partial charge in [0.2, 0.25) is 0 Å². The van der Waals surface area contributed by atoms with Crippen molar-refractivity contribution in [2.24, 2.45) is 11.3 Å². The smallest absolute Gasteiger partial charge is 0.313 e. The van der Waals surface area contributed by atoms with Crippen molar-refractivity contribution in [2.45, 2.75) is 59.5 Å². The first kappa shape index (κ1) is 18.7. The molecule has 0 aliphatic heterocycles. The van der Waals surface area contributed by atoms with Crippen molar-refractivity contribution in [3.8, 4) is 0 Å². The van der Waals surface area contributed by atoms with Crippen molar-refractivity contribution < 1.29 is 14.3 Å². The van der Waals surface area contributed by atoms with Crippen molar-refractivity contribution in [3.05, 3.63) is 59.9 Å². The second-order valence-corrected chi connectivity index (χ2v) is 8.74. The number of carbonyl (C=O) groups is 1. The van der Waals surface area contributed by atoms with Gasteiger partial charge in [0.25, 0.3) is 0 Å². The minimum absolute atomic E-state index is 0.0756. The van der Waals surface area contributed by atoms with Crippen LogP contribution in [0.15, 0.2) is 48.8 Å². The summed E-state index contributed by atoms with van der Waals surface area (Å²) < 4.78 is 13.5. The van der Waals surface area contributed by atoms with Gasteiger partial charge in [-0.15, -0.1) is 0 Å². The quantitative estimate of drug-likeness (QED) is 0.720. The molecular weight excluding hydrogens is 326 g/mol. The number of esters is 1. The molecule has 0 saturated heterocycles. The second-order valence-electron chi connectivity index (χ2n) is 8.74. The van der Waals surface area contributed by atoms with E-state index in [0.29, 0.717) is 0 Å². The molecule has 0 amide bonds. The third-order valence-corrected chi connectivity index (χ3v) is 4.88. The summed E-state index contributed by atoms with van der Waals surface area (Å²) in [6.07, 6.45) is 4.78. The lowest BCUT2D eigenvalue weighted by atomic mass is 10.1. The minimum atomic E-state index is -0.260. The molecule has 26 heavy (non-hydrogen) atoms. The molecule has 4 nitrogen and oxygen atoms in total. The number of aromatic nitrogens is 1. The number of rotatable bonds is 6. The lowest BCUT2D eigenvalue weighted by molar-refractivity contribution is -0.151. The van der Waals surface area contributed by atoms with Crippen LogP contribution in [0.25, 0.3) is 0 Å². The van der Waals surface area contributed by atoms with Crippen LogP contribution in [0.5, 0.6) is 0 Å².